The number of hydrogen-bond donors (Lipinski definition) is 0. The lowest BCUT2D eigenvalue weighted by atomic mass is 9.95. The third kappa shape index (κ3) is 4.81. The van der Waals surface area contributed by atoms with E-state index < -0.39 is 12.0 Å². The number of carbonyl (C=O) groups is 1. The van der Waals surface area contributed by atoms with Gasteiger partial charge in [-0.2, -0.15) is 0 Å². The molecule has 0 fully saturated rings. The van der Waals surface area contributed by atoms with Crippen molar-refractivity contribution in [2.45, 2.75) is 32.9 Å². The molecule has 206 valence electrons. The molecule has 8 heteroatoms. The number of methoxy groups -OCH3 is 1. The Kier molecular flexibility index (Phi) is 7.13. The maximum absolute atomic E-state index is 14.3. The molecule has 1 aliphatic heterocycles. The average Bonchev–Trinajstić information content (AvgIpc) is 3.25. The van der Waals surface area contributed by atoms with E-state index >= 15 is 0 Å². The van der Waals surface area contributed by atoms with Crippen LogP contribution in [0.1, 0.15) is 37.9 Å². The molecule has 1 atom stereocenters. The Morgan fingerprint density at radius 1 is 1.02 bits per heavy atom. The minimum atomic E-state index is -0.781. The molecule has 2 heterocycles. The fourth-order valence-electron chi connectivity index (χ4n) is 5.41. The van der Waals surface area contributed by atoms with Gasteiger partial charge >= 0.3 is 5.97 Å². The van der Waals surface area contributed by atoms with Crippen molar-refractivity contribution >= 4 is 60.9 Å². The van der Waals surface area contributed by atoms with Crippen molar-refractivity contribution in [3.05, 3.63) is 119 Å². The normalized spacial score (nSPS) is 15.4. The highest BCUT2D eigenvalue weighted by Crippen LogP contribution is 2.37. The SMILES string of the molecule is COc1ccc(Br)cc1[C@@H]1C(C(=O)OC(C)C)=C(C)N=c2s/c(=C\c3c4ccccc4cc4ccccc34)c(=O)n21. The Labute approximate surface area is 249 Å². The summed E-state index contributed by atoms with van der Waals surface area (Å²) in [6.45, 7) is 5.38. The lowest BCUT2D eigenvalue weighted by Crippen LogP contribution is -2.40. The summed E-state index contributed by atoms with van der Waals surface area (Å²) in [5.41, 5.74) is 2.21. The highest BCUT2D eigenvalue weighted by Gasteiger charge is 2.35. The van der Waals surface area contributed by atoms with Crippen molar-refractivity contribution in [3.63, 3.8) is 0 Å². The number of allylic oxidation sites excluding steroid dienone is 1. The van der Waals surface area contributed by atoms with Crippen molar-refractivity contribution in [2.24, 2.45) is 4.99 Å². The van der Waals surface area contributed by atoms with Gasteiger partial charge in [0.1, 0.15) is 11.8 Å². The second kappa shape index (κ2) is 10.8. The number of fused-ring (bicyclic) bond motifs is 3. The highest BCUT2D eigenvalue weighted by molar-refractivity contribution is 9.10. The highest BCUT2D eigenvalue weighted by atomic mass is 79.9. The van der Waals surface area contributed by atoms with Crippen LogP contribution < -0.4 is 19.6 Å². The third-order valence-electron chi connectivity index (χ3n) is 7.16. The first-order valence-corrected chi connectivity index (χ1v) is 14.8. The first-order chi connectivity index (χ1) is 19.8. The molecule has 0 spiro atoms. The van der Waals surface area contributed by atoms with E-state index in [9.17, 15) is 9.59 Å². The topological polar surface area (TPSA) is 69.9 Å². The lowest BCUT2D eigenvalue weighted by molar-refractivity contribution is -0.143. The Bertz CT molecular complexity index is 2020. The molecule has 0 unspecified atom stereocenters. The van der Waals surface area contributed by atoms with Crippen LogP contribution in [-0.2, 0) is 9.53 Å². The van der Waals surface area contributed by atoms with Crippen LogP contribution in [0.4, 0.5) is 0 Å². The van der Waals surface area contributed by atoms with Gasteiger partial charge in [-0.3, -0.25) is 9.36 Å². The molecular formula is C33H27BrN2O4S. The number of esters is 1. The smallest absolute Gasteiger partial charge is 0.338 e. The zero-order valence-corrected chi connectivity index (χ0v) is 25.4. The van der Waals surface area contributed by atoms with Gasteiger partial charge in [0.2, 0.25) is 0 Å². The maximum atomic E-state index is 14.3. The monoisotopic (exact) mass is 626 g/mol. The molecule has 0 saturated heterocycles. The zero-order valence-electron chi connectivity index (χ0n) is 23.0. The summed E-state index contributed by atoms with van der Waals surface area (Å²) in [5.74, 6) is 0.0416. The molecular weight excluding hydrogens is 600 g/mol. The summed E-state index contributed by atoms with van der Waals surface area (Å²) in [5, 5.41) is 4.30. The van der Waals surface area contributed by atoms with Crippen LogP contribution in [0.5, 0.6) is 5.75 Å². The Morgan fingerprint density at radius 2 is 1.68 bits per heavy atom. The summed E-state index contributed by atoms with van der Waals surface area (Å²) in [6.07, 6.45) is 1.62. The van der Waals surface area contributed by atoms with E-state index in [1.165, 1.54) is 11.3 Å². The van der Waals surface area contributed by atoms with Gasteiger partial charge in [-0.05, 0) is 78.2 Å². The standard InChI is InChI=1S/C33H27BrN2O4S/c1-18(2)40-32(38)29-19(3)35-33-36(30(29)26-16-22(34)13-14-27(26)39-4)31(37)28(41-33)17-25-23-11-7-5-9-20(23)15-21-10-6-8-12-24(21)25/h5-18,30H,1-4H3/b28-17-/t30-/m1/s1. The lowest BCUT2D eigenvalue weighted by Gasteiger charge is -2.26. The van der Waals surface area contributed by atoms with Crippen molar-refractivity contribution in [3.8, 4) is 5.75 Å². The van der Waals surface area contributed by atoms with Crippen LogP contribution in [0.2, 0.25) is 0 Å². The number of carbonyl (C=O) groups excluding carboxylic acids is 1. The predicted octanol–water partition coefficient (Wildman–Crippen LogP) is 6.26. The van der Waals surface area contributed by atoms with E-state index in [0.717, 1.165) is 31.6 Å². The number of rotatable bonds is 5. The second-order valence-corrected chi connectivity index (χ2v) is 12.1. The van der Waals surface area contributed by atoms with Gasteiger partial charge in [0.25, 0.3) is 5.56 Å². The van der Waals surface area contributed by atoms with Crippen LogP contribution in [0.3, 0.4) is 0 Å². The summed E-state index contributed by atoms with van der Waals surface area (Å²) in [6, 6.07) is 23.3. The average molecular weight is 628 g/mol. The van der Waals surface area contributed by atoms with Crippen molar-refractivity contribution in [1.82, 2.24) is 4.57 Å². The third-order valence-corrected chi connectivity index (χ3v) is 8.64. The van der Waals surface area contributed by atoms with Crippen molar-refractivity contribution in [1.29, 1.82) is 0 Å². The van der Waals surface area contributed by atoms with E-state index in [-0.39, 0.29) is 11.7 Å². The van der Waals surface area contributed by atoms with Gasteiger partial charge < -0.3 is 9.47 Å². The summed E-state index contributed by atoms with van der Waals surface area (Å²) < 4.78 is 14.3. The van der Waals surface area contributed by atoms with E-state index in [2.05, 4.69) is 46.3 Å². The molecule has 0 saturated carbocycles. The quantitative estimate of drug-likeness (QED) is 0.170. The van der Waals surface area contributed by atoms with Gasteiger partial charge in [0, 0.05) is 10.0 Å². The van der Waals surface area contributed by atoms with Gasteiger partial charge in [-0.15, -0.1) is 0 Å². The largest absolute Gasteiger partial charge is 0.496 e. The van der Waals surface area contributed by atoms with E-state index in [4.69, 9.17) is 14.5 Å². The Balaban J connectivity index is 1.66. The van der Waals surface area contributed by atoms with Crippen LogP contribution in [0.25, 0.3) is 27.6 Å². The molecule has 0 N–H and O–H groups in total. The van der Waals surface area contributed by atoms with E-state index in [1.807, 2.05) is 48.5 Å². The van der Waals surface area contributed by atoms with Gasteiger partial charge in [0.15, 0.2) is 4.80 Å². The molecule has 0 radical (unpaired) electrons. The number of benzene rings is 4. The van der Waals surface area contributed by atoms with Gasteiger partial charge in [0.05, 0.1) is 29.0 Å². The molecule has 5 aromatic rings. The predicted molar refractivity (Wildman–Crippen MR) is 167 cm³/mol. The number of thiazole rings is 1. The van der Waals surface area contributed by atoms with E-state index in [0.29, 0.717) is 31.9 Å². The molecule has 1 aliphatic rings. The van der Waals surface area contributed by atoms with Crippen LogP contribution in [0.15, 0.2) is 98.3 Å². The van der Waals surface area contributed by atoms with Gasteiger partial charge in [-0.1, -0.05) is 75.8 Å². The molecule has 0 bridgehead atoms. The van der Waals surface area contributed by atoms with Crippen molar-refractivity contribution in [2.75, 3.05) is 7.11 Å². The number of nitrogens with zero attached hydrogens (tertiary/aromatic N) is 2. The Hall–Kier alpha value is -4.01. The molecule has 0 amide bonds. The second-order valence-electron chi connectivity index (χ2n) is 10.2. The minimum Gasteiger partial charge on any atom is -0.496 e. The molecule has 0 aliphatic carbocycles. The molecule has 6 nitrogen and oxygen atoms in total. The number of ether oxygens (including phenoxy) is 2. The first-order valence-electron chi connectivity index (χ1n) is 13.2. The zero-order chi connectivity index (χ0) is 28.8. The molecule has 6 rings (SSSR count). The van der Waals surface area contributed by atoms with Crippen LogP contribution in [-0.4, -0.2) is 23.8 Å². The van der Waals surface area contributed by atoms with Crippen LogP contribution >= 0.6 is 27.3 Å². The number of aromatic nitrogens is 1. The van der Waals surface area contributed by atoms with E-state index in [1.54, 1.807) is 32.4 Å². The summed E-state index contributed by atoms with van der Waals surface area (Å²) in [7, 11) is 1.57. The maximum Gasteiger partial charge on any atom is 0.338 e. The first kappa shape index (κ1) is 27.2. The fourth-order valence-corrected chi connectivity index (χ4v) is 6.82. The Morgan fingerprint density at radius 3 is 2.32 bits per heavy atom. The number of hydrogen-bond acceptors (Lipinski definition) is 6. The summed E-state index contributed by atoms with van der Waals surface area (Å²) >= 11 is 4.87. The fraction of sp³-hybridized carbons (Fsp3) is 0.182. The minimum absolute atomic E-state index is 0.236. The van der Waals surface area contributed by atoms with Gasteiger partial charge in [-0.25, -0.2) is 9.79 Å². The molecule has 4 aromatic carbocycles. The van der Waals surface area contributed by atoms with Crippen LogP contribution in [0, 0.1) is 0 Å². The molecule has 1 aromatic heterocycles. The van der Waals surface area contributed by atoms with Crippen molar-refractivity contribution < 1.29 is 14.3 Å². The molecule has 41 heavy (non-hydrogen) atoms. The summed E-state index contributed by atoms with van der Waals surface area (Å²) in [4.78, 5) is 33.1. The number of halogens is 1.